The van der Waals surface area contributed by atoms with E-state index in [1.807, 2.05) is 0 Å². The SMILES string of the molecule is CO/C=C1\CC(C(=O)OC)N(C(=O)O)C1. The molecule has 0 aromatic rings. The molecule has 6 nitrogen and oxygen atoms in total. The lowest BCUT2D eigenvalue weighted by Gasteiger charge is -2.17. The van der Waals surface area contributed by atoms with Gasteiger partial charge in [0.05, 0.1) is 20.5 Å². The summed E-state index contributed by atoms with van der Waals surface area (Å²) < 4.78 is 9.31. The highest BCUT2D eigenvalue weighted by Crippen LogP contribution is 2.23. The summed E-state index contributed by atoms with van der Waals surface area (Å²) in [6, 6.07) is -0.756. The molecule has 1 atom stereocenters. The van der Waals surface area contributed by atoms with Gasteiger partial charge in [0.1, 0.15) is 6.04 Å². The van der Waals surface area contributed by atoms with Gasteiger partial charge in [-0.15, -0.1) is 0 Å². The zero-order chi connectivity index (χ0) is 11.4. The predicted molar refractivity (Wildman–Crippen MR) is 50.2 cm³/mol. The fourth-order valence-electron chi connectivity index (χ4n) is 1.55. The number of amides is 1. The minimum Gasteiger partial charge on any atom is -0.504 e. The van der Waals surface area contributed by atoms with Gasteiger partial charge in [-0.2, -0.15) is 0 Å². The minimum absolute atomic E-state index is 0.183. The summed E-state index contributed by atoms with van der Waals surface area (Å²) in [7, 11) is 2.71. The molecule has 15 heavy (non-hydrogen) atoms. The summed E-state index contributed by atoms with van der Waals surface area (Å²) in [5.41, 5.74) is 0.760. The van der Waals surface area contributed by atoms with E-state index in [9.17, 15) is 9.59 Å². The zero-order valence-corrected chi connectivity index (χ0v) is 8.60. The molecule has 0 aliphatic carbocycles. The van der Waals surface area contributed by atoms with Gasteiger partial charge in [0, 0.05) is 13.0 Å². The highest BCUT2D eigenvalue weighted by atomic mass is 16.5. The molecule has 1 unspecified atom stereocenters. The molecule has 6 heteroatoms. The summed E-state index contributed by atoms with van der Waals surface area (Å²) in [5, 5.41) is 8.86. The first-order valence-corrected chi connectivity index (χ1v) is 4.38. The molecule has 1 saturated heterocycles. The van der Waals surface area contributed by atoms with Gasteiger partial charge < -0.3 is 14.6 Å². The van der Waals surface area contributed by atoms with Gasteiger partial charge in [0.25, 0.3) is 0 Å². The Bertz CT molecular complexity index is 299. The average molecular weight is 215 g/mol. The van der Waals surface area contributed by atoms with Crippen LogP contribution < -0.4 is 0 Å². The van der Waals surface area contributed by atoms with Crippen LogP contribution in [0, 0.1) is 0 Å². The van der Waals surface area contributed by atoms with Crippen LogP contribution in [0.1, 0.15) is 6.42 Å². The lowest BCUT2D eigenvalue weighted by Crippen LogP contribution is -2.40. The molecule has 1 aliphatic rings. The van der Waals surface area contributed by atoms with Crippen LogP contribution in [0.5, 0.6) is 0 Å². The van der Waals surface area contributed by atoms with Crippen LogP contribution in [0.3, 0.4) is 0 Å². The van der Waals surface area contributed by atoms with E-state index in [1.54, 1.807) is 0 Å². The molecule has 1 rings (SSSR count). The summed E-state index contributed by atoms with van der Waals surface area (Å²) >= 11 is 0. The fourth-order valence-corrected chi connectivity index (χ4v) is 1.55. The topological polar surface area (TPSA) is 76.1 Å². The van der Waals surface area contributed by atoms with Gasteiger partial charge in [-0.05, 0) is 5.57 Å². The van der Waals surface area contributed by atoms with E-state index in [-0.39, 0.29) is 6.54 Å². The number of nitrogens with zero attached hydrogens (tertiary/aromatic N) is 1. The first-order valence-electron chi connectivity index (χ1n) is 4.38. The number of hydrogen-bond acceptors (Lipinski definition) is 4. The molecule has 84 valence electrons. The maximum atomic E-state index is 11.3. The summed E-state index contributed by atoms with van der Waals surface area (Å²) in [4.78, 5) is 23.2. The molecule has 0 aromatic carbocycles. The summed E-state index contributed by atoms with van der Waals surface area (Å²) in [5.74, 6) is -0.545. The van der Waals surface area contributed by atoms with Crippen LogP contribution >= 0.6 is 0 Å². The van der Waals surface area contributed by atoms with Crippen LogP contribution in [0.15, 0.2) is 11.8 Å². The van der Waals surface area contributed by atoms with Crippen LogP contribution in [0.4, 0.5) is 4.79 Å². The Morgan fingerprint density at radius 2 is 2.20 bits per heavy atom. The molecule has 1 N–H and O–H groups in total. The average Bonchev–Trinajstić information content (AvgIpc) is 2.61. The molecule has 0 radical (unpaired) electrons. The molecule has 0 bridgehead atoms. The van der Waals surface area contributed by atoms with E-state index >= 15 is 0 Å². The third kappa shape index (κ3) is 2.39. The molecule has 0 spiro atoms. The molecule has 0 aromatic heterocycles. The Hall–Kier alpha value is -1.72. The van der Waals surface area contributed by atoms with E-state index in [0.29, 0.717) is 6.42 Å². The van der Waals surface area contributed by atoms with E-state index in [0.717, 1.165) is 10.5 Å². The minimum atomic E-state index is -1.13. The number of hydrogen-bond donors (Lipinski definition) is 1. The first kappa shape index (κ1) is 11.4. The van der Waals surface area contributed by atoms with Crippen molar-refractivity contribution in [2.45, 2.75) is 12.5 Å². The molecular formula is C9H13NO5. The van der Waals surface area contributed by atoms with Gasteiger partial charge in [0.15, 0.2) is 0 Å². The van der Waals surface area contributed by atoms with Crippen LogP contribution in [0.2, 0.25) is 0 Å². The summed E-state index contributed by atoms with van der Waals surface area (Å²) in [6.45, 7) is 0.183. The third-order valence-corrected chi connectivity index (χ3v) is 2.21. The Morgan fingerprint density at radius 3 is 2.67 bits per heavy atom. The summed E-state index contributed by atoms with van der Waals surface area (Å²) in [6.07, 6.45) is 0.649. The normalized spacial score (nSPS) is 22.9. The van der Waals surface area contributed by atoms with Crippen molar-refractivity contribution in [1.29, 1.82) is 0 Å². The van der Waals surface area contributed by atoms with Crippen molar-refractivity contribution < 1.29 is 24.2 Å². The van der Waals surface area contributed by atoms with Crippen molar-refractivity contribution in [3.05, 3.63) is 11.8 Å². The standard InChI is InChI=1S/C9H13NO5/c1-14-5-6-3-7(8(11)15-2)10(4-6)9(12)13/h5,7H,3-4H2,1-2H3,(H,12,13)/b6-5+. The van der Waals surface area contributed by atoms with Crippen LogP contribution in [-0.4, -0.2) is 48.9 Å². The molecule has 1 amide bonds. The monoisotopic (exact) mass is 215 g/mol. The number of ether oxygens (including phenoxy) is 2. The number of carbonyl (C=O) groups is 2. The molecule has 1 heterocycles. The lowest BCUT2D eigenvalue weighted by atomic mass is 10.2. The zero-order valence-electron chi connectivity index (χ0n) is 8.60. The number of carbonyl (C=O) groups excluding carboxylic acids is 1. The Kier molecular flexibility index (Phi) is 3.54. The Balaban J connectivity index is 2.81. The number of carboxylic acid groups (broad SMARTS) is 1. The number of rotatable bonds is 2. The molecule has 1 aliphatic heterocycles. The van der Waals surface area contributed by atoms with Gasteiger partial charge in [-0.1, -0.05) is 0 Å². The predicted octanol–water partition coefficient (Wildman–Crippen LogP) is 0.442. The maximum absolute atomic E-state index is 11.3. The van der Waals surface area contributed by atoms with Crippen molar-refractivity contribution in [1.82, 2.24) is 4.90 Å². The Morgan fingerprint density at radius 1 is 1.53 bits per heavy atom. The first-order chi connectivity index (χ1) is 7.10. The van der Waals surface area contributed by atoms with E-state index in [2.05, 4.69) is 4.74 Å². The van der Waals surface area contributed by atoms with Crippen molar-refractivity contribution >= 4 is 12.1 Å². The van der Waals surface area contributed by atoms with Crippen LogP contribution in [0.25, 0.3) is 0 Å². The quantitative estimate of drug-likeness (QED) is 0.534. The largest absolute Gasteiger partial charge is 0.504 e. The van der Waals surface area contributed by atoms with Gasteiger partial charge >= 0.3 is 12.1 Å². The van der Waals surface area contributed by atoms with Gasteiger partial charge in [-0.25, -0.2) is 9.59 Å². The van der Waals surface area contributed by atoms with E-state index in [1.165, 1.54) is 20.5 Å². The lowest BCUT2D eigenvalue weighted by molar-refractivity contribution is -0.145. The third-order valence-electron chi connectivity index (χ3n) is 2.21. The second-order valence-electron chi connectivity index (χ2n) is 3.17. The van der Waals surface area contributed by atoms with Gasteiger partial charge in [-0.3, -0.25) is 4.90 Å². The second-order valence-corrected chi connectivity index (χ2v) is 3.17. The molecule has 1 fully saturated rings. The van der Waals surface area contributed by atoms with Crippen molar-refractivity contribution in [2.24, 2.45) is 0 Å². The second kappa shape index (κ2) is 4.68. The maximum Gasteiger partial charge on any atom is 0.408 e. The van der Waals surface area contributed by atoms with Crippen LogP contribution in [-0.2, 0) is 14.3 Å². The highest BCUT2D eigenvalue weighted by Gasteiger charge is 2.37. The number of likely N-dealkylation sites (tertiary alicyclic amines) is 1. The molecule has 0 saturated carbocycles. The number of esters is 1. The van der Waals surface area contributed by atoms with Crippen molar-refractivity contribution in [3.8, 4) is 0 Å². The number of methoxy groups -OCH3 is 2. The smallest absolute Gasteiger partial charge is 0.408 e. The molecular weight excluding hydrogens is 202 g/mol. The Labute approximate surface area is 87.1 Å². The van der Waals surface area contributed by atoms with Gasteiger partial charge in [0.2, 0.25) is 0 Å². The van der Waals surface area contributed by atoms with E-state index < -0.39 is 18.1 Å². The highest BCUT2D eigenvalue weighted by molar-refractivity contribution is 5.82. The van der Waals surface area contributed by atoms with Crippen molar-refractivity contribution in [3.63, 3.8) is 0 Å². The van der Waals surface area contributed by atoms with Crippen molar-refractivity contribution in [2.75, 3.05) is 20.8 Å². The van der Waals surface area contributed by atoms with E-state index in [4.69, 9.17) is 9.84 Å². The fraction of sp³-hybridized carbons (Fsp3) is 0.556.